The zero-order valence-electron chi connectivity index (χ0n) is 20.6. The van der Waals surface area contributed by atoms with Gasteiger partial charge in [0, 0.05) is 23.1 Å². The van der Waals surface area contributed by atoms with Crippen molar-refractivity contribution < 1.29 is 14.3 Å². The third-order valence-corrected chi connectivity index (χ3v) is 6.42. The highest BCUT2D eigenvalue weighted by Crippen LogP contribution is 2.40. The number of nitrogens with zero attached hydrogens (tertiary/aromatic N) is 3. The third kappa shape index (κ3) is 4.55. The highest BCUT2D eigenvalue weighted by atomic mass is 16.5. The second-order valence-corrected chi connectivity index (χ2v) is 8.86. The van der Waals surface area contributed by atoms with Crippen molar-refractivity contribution in [1.29, 1.82) is 5.26 Å². The van der Waals surface area contributed by atoms with Crippen molar-refractivity contribution >= 4 is 12.1 Å². The van der Waals surface area contributed by atoms with Crippen molar-refractivity contribution in [3.8, 4) is 23.3 Å². The lowest BCUT2D eigenvalue weighted by Gasteiger charge is -2.39. The van der Waals surface area contributed by atoms with Crippen molar-refractivity contribution in [1.82, 2.24) is 5.01 Å². The molecule has 0 saturated carbocycles. The van der Waals surface area contributed by atoms with E-state index in [1.807, 2.05) is 79.7 Å². The van der Waals surface area contributed by atoms with Crippen LogP contribution in [0.3, 0.4) is 0 Å². The van der Waals surface area contributed by atoms with E-state index in [4.69, 9.17) is 9.47 Å². The highest BCUT2D eigenvalue weighted by molar-refractivity contribution is 5.97. The predicted octanol–water partition coefficient (Wildman–Crippen LogP) is 6.25. The molecular formula is C31H25N3O3. The summed E-state index contributed by atoms with van der Waals surface area (Å²) in [5, 5.41) is 16.4. The summed E-state index contributed by atoms with van der Waals surface area (Å²) in [7, 11) is 1.58. The SMILES string of the molecule is COc1cc(CC2(C#N)c3ccccc3C=NN2C(=O)c2ccccc2)ccc1Oc1ccc(C)cc1. The summed E-state index contributed by atoms with van der Waals surface area (Å²) in [6, 6.07) is 32.2. The van der Waals surface area contributed by atoms with Crippen LogP contribution in [-0.2, 0) is 12.0 Å². The quantitative estimate of drug-likeness (QED) is 0.322. The lowest BCUT2D eigenvalue weighted by Crippen LogP contribution is -2.49. The van der Waals surface area contributed by atoms with E-state index in [0.29, 0.717) is 22.8 Å². The van der Waals surface area contributed by atoms with Crippen molar-refractivity contribution in [2.75, 3.05) is 7.11 Å². The van der Waals surface area contributed by atoms with Gasteiger partial charge in [-0.05, 0) is 48.9 Å². The van der Waals surface area contributed by atoms with Gasteiger partial charge in [0.2, 0.25) is 0 Å². The maximum atomic E-state index is 13.6. The molecule has 0 N–H and O–H groups in total. The molecule has 6 nitrogen and oxygen atoms in total. The van der Waals surface area contributed by atoms with Crippen LogP contribution in [0.1, 0.15) is 32.6 Å². The number of amides is 1. The lowest BCUT2D eigenvalue weighted by atomic mass is 9.80. The predicted molar refractivity (Wildman–Crippen MR) is 142 cm³/mol. The van der Waals surface area contributed by atoms with Crippen LogP contribution in [0.25, 0.3) is 0 Å². The summed E-state index contributed by atoms with van der Waals surface area (Å²) in [6.07, 6.45) is 1.84. The van der Waals surface area contributed by atoms with E-state index in [0.717, 1.165) is 22.3 Å². The smallest absolute Gasteiger partial charge is 0.275 e. The molecule has 1 aliphatic rings. The van der Waals surface area contributed by atoms with Gasteiger partial charge in [-0.1, -0.05) is 66.2 Å². The normalized spacial score (nSPS) is 16.0. The molecule has 0 aliphatic carbocycles. The summed E-state index contributed by atoms with van der Waals surface area (Å²) in [4.78, 5) is 13.6. The van der Waals surface area contributed by atoms with Crippen LogP contribution in [0.2, 0.25) is 0 Å². The summed E-state index contributed by atoms with van der Waals surface area (Å²) < 4.78 is 11.7. The molecule has 182 valence electrons. The number of benzene rings is 4. The molecule has 0 aromatic heterocycles. The fourth-order valence-corrected chi connectivity index (χ4v) is 4.50. The molecule has 0 fully saturated rings. The maximum absolute atomic E-state index is 13.6. The number of methoxy groups -OCH3 is 1. The summed E-state index contributed by atoms with van der Waals surface area (Å²) in [6.45, 7) is 2.02. The number of rotatable bonds is 6. The minimum atomic E-state index is -1.36. The van der Waals surface area contributed by atoms with E-state index in [9.17, 15) is 10.1 Å². The van der Waals surface area contributed by atoms with Gasteiger partial charge in [0.1, 0.15) is 5.75 Å². The third-order valence-electron chi connectivity index (χ3n) is 6.42. The Morgan fingerprint density at radius 3 is 2.41 bits per heavy atom. The van der Waals surface area contributed by atoms with Crippen LogP contribution in [0.15, 0.2) is 102 Å². The van der Waals surface area contributed by atoms with Crippen LogP contribution < -0.4 is 9.47 Å². The molecule has 0 radical (unpaired) electrons. The molecule has 4 aromatic carbocycles. The molecule has 6 heteroatoms. The Labute approximate surface area is 216 Å². The molecule has 0 spiro atoms. The molecule has 4 aromatic rings. The monoisotopic (exact) mass is 487 g/mol. The van der Waals surface area contributed by atoms with Crippen molar-refractivity contribution in [3.63, 3.8) is 0 Å². The Morgan fingerprint density at radius 2 is 1.68 bits per heavy atom. The zero-order chi connectivity index (χ0) is 25.8. The first-order valence-electron chi connectivity index (χ1n) is 11.9. The molecule has 1 aliphatic heterocycles. The molecule has 0 saturated heterocycles. The summed E-state index contributed by atoms with van der Waals surface area (Å²) >= 11 is 0. The number of carbonyl (C=O) groups is 1. The number of hydrogen-bond donors (Lipinski definition) is 0. The van der Waals surface area contributed by atoms with Gasteiger partial charge in [-0.25, -0.2) is 5.01 Å². The van der Waals surface area contributed by atoms with Gasteiger partial charge in [-0.2, -0.15) is 10.4 Å². The van der Waals surface area contributed by atoms with Gasteiger partial charge in [-0.3, -0.25) is 4.79 Å². The number of nitriles is 1. The van der Waals surface area contributed by atoms with Crippen molar-refractivity contribution in [2.24, 2.45) is 5.10 Å². The minimum Gasteiger partial charge on any atom is -0.493 e. The van der Waals surface area contributed by atoms with Crippen molar-refractivity contribution in [3.05, 3.63) is 125 Å². The molecule has 5 rings (SSSR count). The molecule has 37 heavy (non-hydrogen) atoms. The maximum Gasteiger partial charge on any atom is 0.275 e. The van der Waals surface area contributed by atoms with E-state index >= 15 is 0 Å². The van der Waals surface area contributed by atoms with Gasteiger partial charge in [0.15, 0.2) is 17.0 Å². The second-order valence-electron chi connectivity index (χ2n) is 8.86. The highest BCUT2D eigenvalue weighted by Gasteiger charge is 2.46. The first-order chi connectivity index (χ1) is 18.0. The fraction of sp³-hybridized carbons (Fsp3) is 0.129. The van der Waals surface area contributed by atoms with Crippen LogP contribution in [0.5, 0.6) is 17.2 Å². The Balaban J connectivity index is 1.54. The Bertz CT molecular complexity index is 1510. The average Bonchev–Trinajstić information content (AvgIpc) is 2.95. The van der Waals surface area contributed by atoms with E-state index in [2.05, 4.69) is 11.2 Å². The van der Waals surface area contributed by atoms with Crippen LogP contribution in [0, 0.1) is 18.3 Å². The molecule has 1 heterocycles. The van der Waals surface area contributed by atoms with E-state index in [-0.39, 0.29) is 12.3 Å². The largest absolute Gasteiger partial charge is 0.493 e. The number of aryl methyl sites for hydroxylation is 1. The molecule has 0 bridgehead atoms. The van der Waals surface area contributed by atoms with Gasteiger partial charge in [0.25, 0.3) is 5.91 Å². The topological polar surface area (TPSA) is 74.9 Å². The fourth-order valence-electron chi connectivity index (χ4n) is 4.50. The second kappa shape index (κ2) is 10.00. The average molecular weight is 488 g/mol. The first kappa shape index (κ1) is 23.8. The van der Waals surface area contributed by atoms with E-state index in [1.165, 1.54) is 5.01 Å². The van der Waals surface area contributed by atoms with Gasteiger partial charge in [-0.15, -0.1) is 0 Å². The van der Waals surface area contributed by atoms with E-state index in [1.54, 1.807) is 37.6 Å². The van der Waals surface area contributed by atoms with Crippen LogP contribution in [-0.4, -0.2) is 24.2 Å². The van der Waals surface area contributed by atoms with Gasteiger partial charge in [0.05, 0.1) is 19.4 Å². The van der Waals surface area contributed by atoms with Crippen LogP contribution in [0.4, 0.5) is 0 Å². The lowest BCUT2D eigenvalue weighted by molar-refractivity contribution is 0.0578. The minimum absolute atomic E-state index is 0.206. The number of hydrogen-bond acceptors (Lipinski definition) is 5. The number of ether oxygens (including phenoxy) is 2. The van der Waals surface area contributed by atoms with Gasteiger partial charge < -0.3 is 9.47 Å². The first-order valence-corrected chi connectivity index (χ1v) is 11.9. The Kier molecular flexibility index (Phi) is 6.44. The molecule has 1 amide bonds. The van der Waals surface area contributed by atoms with Gasteiger partial charge >= 0.3 is 0 Å². The summed E-state index contributed by atoms with van der Waals surface area (Å²) in [5.41, 5.74) is 2.55. The molecular weight excluding hydrogens is 462 g/mol. The number of hydrazone groups is 1. The summed E-state index contributed by atoms with van der Waals surface area (Å²) in [5.74, 6) is 1.43. The molecule has 1 unspecified atom stereocenters. The number of fused-ring (bicyclic) bond motifs is 1. The van der Waals surface area contributed by atoms with Crippen molar-refractivity contribution in [2.45, 2.75) is 18.9 Å². The Morgan fingerprint density at radius 1 is 0.946 bits per heavy atom. The number of carbonyl (C=O) groups excluding carboxylic acids is 1. The Hall–Kier alpha value is -4.89. The molecule has 1 atom stereocenters. The van der Waals surface area contributed by atoms with Crippen LogP contribution >= 0.6 is 0 Å². The standard InChI is InChI=1S/C31H25N3O3/c1-22-12-15-26(16-13-22)37-28-17-14-23(18-29(28)36-2)19-31(21-32)27-11-7-6-10-25(27)20-33-34(31)30(35)24-8-4-3-5-9-24/h3-18,20H,19H2,1-2H3. The van der Waals surface area contributed by atoms with E-state index < -0.39 is 5.54 Å². The zero-order valence-corrected chi connectivity index (χ0v) is 20.6.